The average Bonchev–Trinajstić information content (AvgIpc) is 3.57. The maximum Gasteiger partial charge on any atom is 0.313 e. The number of hydrogen-bond donors (Lipinski definition) is 0. The Bertz CT molecular complexity index is 1130. The fourth-order valence-corrected chi connectivity index (χ4v) is 3.60. The number of nitrogens with zero attached hydrogens (tertiary/aromatic N) is 1. The summed E-state index contributed by atoms with van der Waals surface area (Å²) in [5.74, 6) is -0.826. The van der Waals surface area contributed by atoms with Gasteiger partial charge in [-0.15, -0.1) is 0 Å². The van der Waals surface area contributed by atoms with Crippen molar-refractivity contribution in [3.05, 3.63) is 71.7 Å². The van der Waals surface area contributed by atoms with Crippen molar-refractivity contribution in [3.8, 4) is 11.1 Å². The zero-order valence-corrected chi connectivity index (χ0v) is 16.7. The van der Waals surface area contributed by atoms with Crippen molar-refractivity contribution in [2.75, 3.05) is 6.61 Å². The molecule has 4 nitrogen and oxygen atoms in total. The number of rotatable bonds is 7. The second-order valence-electron chi connectivity index (χ2n) is 7.37. The molecule has 0 amide bonds. The Kier molecular flexibility index (Phi) is 5.70. The first-order chi connectivity index (χ1) is 14.6. The van der Waals surface area contributed by atoms with E-state index < -0.39 is 5.97 Å². The number of esters is 1. The molecule has 4 rings (SSSR count). The summed E-state index contributed by atoms with van der Waals surface area (Å²) in [6.07, 6.45) is 4.96. The van der Waals surface area contributed by atoms with Gasteiger partial charge in [0.25, 0.3) is 0 Å². The van der Waals surface area contributed by atoms with E-state index in [0.717, 1.165) is 46.1 Å². The number of pyridine rings is 1. The lowest BCUT2D eigenvalue weighted by atomic mass is 9.92. The van der Waals surface area contributed by atoms with Gasteiger partial charge in [-0.2, -0.15) is 0 Å². The van der Waals surface area contributed by atoms with E-state index >= 15 is 0 Å². The molecule has 0 spiro atoms. The van der Waals surface area contributed by atoms with E-state index in [2.05, 4.69) is 0 Å². The number of hydrogen-bond acceptors (Lipinski definition) is 4. The molecule has 0 saturated heterocycles. The van der Waals surface area contributed by atoms with Gasteiger partial charge in [0, 0.05) is 22.4 Å². The number of ketones is 1. The first-order valence-corrected chi connectivity index (χ1v) is 10.1. The van der Waals surface area contributed by atoms with Crippen molar-refractivity contribution in [2.45, 2.75) is 32.1 Å². The second kappa shape index (κ2) is 8.57. The first-order valence-electron chi connectivity index (χ1n) is 10.1. The molecule has 1 heterocycles. The van der Waals surface area contributed by atoms with Gasteiger partial charge < -0.3 is 4.74 Å². The van der Waals surface area contributed by atoms with Crippen molar-refractivity contribution in [1.29, 1.82) is 0 Å². The molecule has 3 aromatic rings. The number of halogens is 1. The maximum atomic E-state index is 13.6. The van der Waals surface area contributed by atoms with Crippen LogP contribution in [0.2, 0.25) is 0 Å². The van der Waals surface area contributed by atoms with Crippen LogP contribution in [0.4, 0.5) is 4.39 Å². The number of ether oxygens (including phenoxy) is 1. The minimum Gasteiger partial charge on any atom is -0.466 e. The molecular weight excluding hydrogens is 381 g/mol. The summed E-state index contributed by atoms with van der Waals surface area (Å²) in [6.45, 7) is 1.95. The topological polar surface area (TPSA) is 56.3 Å². The lowest BCUT2D eigenvalue weighted by Gasteiger charge is -2.15. The number of carbonyl (C=O) groups is 2. The Morgan fingerprint density at radius 2 is 1.87 bits per heavy atom. The number of carbonyl (C=O) groups excluding carboxylic acids is 2. The SMILES string of the molecule is CCOC(=O)CC(=O)C=Cc1c(C2CC2)nc2ccccc2c1-c1ccc(F)cc1. The van der Waals surface area contributed by atoms with Gasteiger partial charge in [0.15, 0.2) is 5.78 Å². The van der Waals surface area contributed by atoms with E-state index in [4.69, 9.17) is 9.72 Å². The smallest absolute Gasteiger partial charge is 0.313 e. The molecule has 0 atom stereocenters. The molecule has 1 aliphatic rings. The van der Waals surface area contributed by atoms with Crippen LogP contribution >= 0.6 is 0 Å². The van der Waals surface area contributed by atoms with Gasteiger partial charge in [0.1, 0.15) is 12.2 Å². The highest BCUT2D eigenvalue weighted by atomic mass is 19.1. The monoisotopic (exact) mass is 403 g/mol. The number of benzene rings is 2. The van der Waals surface area contributed by atoms with E-state index in [-0.39, 0.29) is 24.6 Å². The first kappa shape index (κ1) is 20.0. The minimum atomic E-state index is -0.537. The van der Waals surface area contributed by atoms with Crippen LogP contribution < -0.4 is 0 Å². The summed E-state index contributed by atoms with van der Waals surface area (Å²) in [7, 11) is 0. The predicted molar refractivity (Wildman–Crippen MR) is 114 cm³/mol. The number of aromatic nitrogens is 1. The highest BCUT2D eigenvalue weighted by Crippen LogP contribution is 2.45. The van der Waals surface area contributed by atoms with Crippen LogP contribution in [0.3, 0.4) is 0 Å². The molecule has 152 valence electrons. The lowest BCUT2D eigenvalue weighted by Crippen LogP contribution is -2.09. The summed E-state index contributed by atoms with van der Waals surface area (Å²) in [6, 6.07) is 14.2. The van der Waals surface area contributed by atoms with Crippen molar-refractivity contribution in [1.82, 2.24) is 4.98 Å². The van der Waals surface area contributed by atoms with E-state index in [1.165, 1.54) is 18.2 Å². The quantitative estimate of drug-likeness (QED) is 0.299. The van der Waals surface area contributed by atoms with Crippen LogP contribution in [-0.2, 0) is 14.3 Å². The zero-order valence-electron chi connectivity index (χ0n) is 16.7. The fraction of sp³-hybridized carbons (Fsp3) is 0.240. The fourth-order valence-electron chi connectivity index (χ4n) is 3.60. The molecule has 0 unspecified atom stereocenters. The van der Waals surface area contributed by atoms with Gasteiger partial charge >= 0.3 is 5.97 Å². The Labute approximate surface area is 174 Å². The molecule has 0 N–H and O–H groups in total. The van der Waals surface area contributed by atoms with Gasteiger partial charge in [-0.25, -0.2) is 4.39 Å². The van der Waals surface area contributed by atoms with Crippen LogP contribution in [0.25, 0.3) is 28.1 Å². The van der Waals surface area contributed by atoms with Gasteiger partial charge in [0.05, 0.1) is 17.8 Å². The maximum absolute atomic E-state index is 13.6. The van der Waals surface area contributed by atoms with Gasteiger partial charge in [-0.3, -0.25) is 14.6 Å². The molecule has 1 saturated carbocycles. The molecule has 30 heavy (non-hydrogen) atoms. The van der Waals surface area contributed by atoms with Gasteiger partial charge in [-0.1, -0.05) is 30.3 Å². The van der Waals surface area contributed by atoms with Crippen LogP contribution in [0, 0.1) is 5.82 Å². The Morgan fingerprint density at radius 1 is 1.13 bits per heavy atom. The van der Waals surface area contributed by atoms with E-state index in [0.29, 0.717) is 5.92 Å². The highest BCUT2D eigenvalue weighted by Gasteiger charge is 2.29. The average molecular weight is 403 g/mol. The second-order valence-corrected chi connectivity index (χ2v) is 7.37. The Morgan fingerprint density at radius 3 is 2.57 bits per heavy atom. The van der Waals surface area contributed by atoms with E-state index in [1.807, 2.05) is 24.3 Å². The predicted octanol–water partition coefficient (Wildman–Crippen LogP) is 5.45. The Balaban J connectivity index is 1.84. The number of fused-ring (bicyclic) bond motifs is 1. The lowest BCUT2D eigenvalue weighted by molar-refractivity contribution is -0.144. The molecule has 0 radical (unpaired) electrons. The highest BCUT2D eigenvalue weighted by molar-refractivity contribution is 6.06. The zero-order chi connectivity index (χ0) is 21.1. The Hall–Kier alpha value is -3.34. The minimum absolute atomic E-state index is 0.241. The van der Waals surface area contributed by atoms with Crippen molar-refractivity contribution >= 4 is 28.7 Å². The van der Waals surface area contributed by atoms with E-state index in [1.54, 1.807) is 25.1 Å². The molecule has 2 aromatic carbocycles. The molecule has 5 heteroatoms. The summed E-state index contributed by atoms with van der Waals surface area (Å²) in [5.41, 5.74) is 4.43. The van der Waals surface area contributed by atoms with Crippen LogP contribution in [-0.4, -0.2) is 23.3 Å². The largest absolute Gasteiger partial charge is 0.466 e. The summed E-state index contributed by atoms with van der Waals surface area (Å²) in [4.78, 5) is 28.8. The van der Waals surface area contributed by atoms with Crippen LogP contribution in [0.5, 0.6) is 0 Å². The molecule has 0 bridgehead atoms. The molecule has 1 aliphatic carbocycles. The summed E-state index contributed by atoms with van der Waals surface area (Å²) < 4.78 is 18.4. The standard InChI is InChI=1S/C25H22FNO3/c1-2-30-23(29)15-19(28)13-14-21-24(16-9-11-18(26)12-10-16)20-5-3-4-6-22(20)27-25(21)17-7-8-17/h3-6,9-14,17H,2,7-8,15H2,1H3. The van der Waals surface area contributed by atoms with Crippen molar-refractivity contribution in [2.24, 2.45) is 0 Å². The normalized spacial score (nSPS) is 13.7. The van der Waals surface area contributed by atoms with Crippen LogP contribution in [0.1, 0.15) is 43.4 Å². The summed E-state index contributed by atoms with van der Waals surface area (Å²) >= 11 is 0. The van der Waals surface area contributed by atoms with Crippen molar-refractivity contribution < 1.29 is 18.7 Å². The number of para-hydroxylation sites is 1. The van der Waals surface area contributed by atoms with Crippen LogP contribution in [0.15, 0.2) is 54.6 Å². The summed E-state index contributed by atoms with van der Waals surface area (Å²) in [5, 5.41) is 0.936. The van der Waals surface area contributed by atoms with Gasteiger partial charge in [0.2, 0.25) is 0 Å². The molecule has 0 aliphatic heterocycles. The van der Waals surface area contributed by atoms with Crippen molar-refractivity contribution in [3.63, 3.8) is 0 Å². The molecular formula is C25H22FNO3. The third-order valence-corrected chi connectivity index (χ3v) is 5.12. The third kappa shape index (κ3) is 4.30. The van der Waals surface area contributed by atoms with Gasteiger partial charge in [-0.05, 0) is 55.7 Å². The third-order valence-electron chi connectivity index (χ3n) is 5.12. The number of allylic oxidation sites excluding steroid dienone is 1. The molecule has 1 fully saturated rings. The molecule has 1 aromatic heterocycles. The van der Waals surface area contributed by atoms with E-state index in [9.17, 15) is 14.0 Å².